The number of anilines is 1. The van der Waals surface area contributed by atoms with Gasteiger partial charge in [0.1, 0.15) is 5.82 Å². The van der Waals surface area contributed by atoms with Gasteiger partial charge in [0.15, 0.2) is 0 Å². The summed E-state index contributed by atoms with van der Waals surface area (Å²) in [6.07, 6.45) is 3.85. The maximum absolute atomic E-state index is 13.1. The summed E-state index contributed by atoms with van der Waals surface area (Å²) in [5.41, 5.74) is 1.10. The largest absolute Gasteiger partial charge is 0.370 e. The fraction of sp³-hybridized carbons (Fsp3) is 0.650. The smallest absolute Gasteiger partial charge is 0.222 e. The molecule has 3 rings (SSSR count). The van der Waals surface area contributed by atoms with Crippen molar-refractivity contribution in [3.05, 3.63) is 30.1 Å². The van der Waals surface area contributed by atoms with E-state index in [4.69, 9.17) is 0 Å². The fourth-order valence-electron chi connectivity index (χ4n) is 3.89. The zero-order chi connectivity index (χ0) is 17.8. The summed E-state index contributed by atoms with van der Waals surface area (Å²) in [5.74, 6) is 0.549. The van der Waals surface area contributed by atoms with Gasteiger partial charge in [0.2, 0.25) is 5.91 Å². The monoisotopic (exact) mass is 347 g/mol. The van der Waals surface area contributed by atoms with Gasteiger partial charge in [-0.2, -0.15) is 0 Å². The Morgan fingerprint density at radius 1 is 1.12 bits per heavy atom. The average Bonchev–Trinajstić information content (AvgIpc) is 3.04. The molecule has 2 saturated heterocycles. The van der Waals surface area contributed by atoms with E-state index in [1.165, 1.54) is 12.1 Å². The lowest BCUT2D eigenvalue weighted by molar-refractivity contribution is -0.133. The van der Waals surface area contributed by atoms with Gasteiger partial charge in [-0.25, -0.2) is 4.39 Å². The molecule has 1 N–H and O–H groups in total. The Morgan fingerprint density at radius 2 is 1.76 bits per heavy atom. The molecule has 1 aromatic rings. The number of nitrogens with zero attached hydrogens (tertiary/aromatic N) is 2. The van der Waals surface area contributed by atoms with Crippen LogP contribution in [0.15, 0.2) is 24.3 Å². The molecule has 0 spiro atoms. The maximum Gasteiger partial charge on any atom is 0.222 e. The molecule has 0 radical (unpaired) electrons. The molecule has 0 aromatic heterocycles. The molecule has 5 heteroatoms. The summed E-state index contributed by atoms with van der Waals surface area (Å²) >= 11 is 0. The van der Waals surface area contributed by atoms with E-state index in [2.05, 4.69) is 24.1 Å². The normalized spacial score (nSPS) is 22.0. The second kappa shape index (κ2) is 8.17. The van der Waals surface area contributed by atoms with Crippen molar-refractivity contribution in [3.8, 4) is 0 Å². The Kier molecular flexibility index (Phi) is 5.94. The van der Waals surface area contributed by atoms with Gasteiger partial charge in [-0.05, 0) is 49.4 Å². The van der Waals surface area contributed by atoms with Crippen molar-refractivity contribution in [1.82, 2.24) is 10.2 Å². The third-order valence-electron chi connectivity index (χ3n) is 5.28. The number of amides is 1. The fourth-order valence-corrected chi connectivity index (χ4v) is 3.89. The highest BCUT2D eigenvalue weighted by Crippen LogP contribution is 2.22. The van der Waals surface area contributed by atoms with Crippen LogP contribution in [0.1, 0.15) is 39.5 Å². The molecule has 2 aliphatic heterocycles. The van der Waals surface area contributed by atoms with Gasteiger partial charge in [-0.1, -0.05) is 13.8 Å². The van der Waals surface area contributed by atoms with Crippen LogP contribution >= 0.6 is 0 Å². The molecule has 4 nitrogen and oxygen atoms in total. The number of hydrogen-bond acceptors (Lipinski definition) is 3. The van der Waals surface area contributed by atoms with E-state index >= 15 is 0 Å². The molecule has 2 aliphatic rings. The quantitative estimate of drug-likeness (QED) is 0.889. The highest BCUT2D eigenvalue weighted by atomic mass is 19.1. The van der Waals surface area contributed by atoms with Crippen LogP contribution in [0.4, 0.5) is 10.1 Å². The number of likely N-dealkylation sites (tertiary alicyclic amines) is 1. The van der Waals surface area contributed by atoms with Crippen molar-refractivity contribution in [1.29, 1.82) is 0 Å². The molecule has 2 fully saturated rings. The molecule has 0 aliphatic carbocycles. The number of piperidine rings is 1. The van der Waals surface area contributed by atoms with Crippen molar-refractivity contribution in [2.24, 2.45) is 5.92 Å². The van der Waals surface area contributed by atoms with Gasteiger partial charge in [0.05, 0.1) is 0 Å². The summed E-state index contributed by atoms with van der Waals surface area (Å²) in [6.45, 7) is 7.92. The minimum atomic E-state index is -0.184. The number of nitrogens with one attached hydrogen (secondary N) is 1. The minimum absolute atomic E-state index is 0.184. The minimum Gasteiger partial charge on any atom is -0.370 e. The molecule has 1 aromatic carbocycles. The topological polar surface area (TPSA) is 35.6 Å². The third kappa shape index (κ3) is 4.94. The van der Waals surface area contributed by atoms with E-state index in [1.54, 1.807) is 0 Å². The first kappa shape index (κ1) is 18.2. The van der Waals surface area contributed by atoms with Crippen LogP contribution in [-0.4, -0.2) is 49.1 Å². The van der Waals surface area contributed by atoms with Crippen LogP contribution in [0, 0.1) is 11.7 Å². The lowest BCUT2D eigenvalue weighted by Gasteiger charge is -2.34. The first-order valence-corrected chi connectivity index (χ1v) is 9.55. The van der Waals surface area contributed by atoms with Gasteiger partial charge >= 0.3 is 0 Å². The van der Waals surface area contributed by atoms with Crippen LogP contribution in [0.3, 0.4) is 0 Å². The standard InChI is InChI=1S/C20H30FN3O/c1-15(2)13-20(25)23-10-7-17(8-11-23)22-18-9-12-24(14-18)19-5-3-16(21)4-6-19/h3-6,15,17-18,22H,7-14H2,1-2H3/t18-/m0/s1. The zero-order valence-electron chi connectivity index (χ0n) is 15.4. The van der Waals surface area contributed by atoms with Crippen LogP contribution in [0.25, 0.3) is 0 Å². The third-order valence-corrected chi connectivity index (χ3v) is 5.28. The number of carbonyl (C=O) groups excluding carboxylic acids is 1. The van der Waals surface area contributed by atoms with Gasteiger partial charge in [-0.3, -0.25) is 4.79 Å². The van der Waals surface area contributed by atoms with Crippen molar-refractivity contribution >= 4 is 11.6 Å². The van der Waals surface area contributed by atoms with Gasteiger partial charge < -0.3 is 15.1 Å². The number of rotatable bonds is 5. The SMILES string of the molecule is CC(C)CC(=O)N1CCC(N[C@H]2CCN(c3ccc(F)cc3)C2)CC1. The van der Waals surface area contributed by atoms with Crippen molar-refractivity contribution < 1.29 is 9.18 Å². The number of carbonyl (C=O) groups is 1. The van der Waals surface area contributed by atoms with E-state index in [-0.39, 0.29) is 5.82 Å². The Labute approximate surface area is 150 Å². The Hall–Kier alpha value is -1.62. The molecular weight excluding hydrogens is 317 g/mol. The lowest BCUT2D eigenvalue weighted by atomic mass is 10.0. The predicted octanol–water partition coefficient (Wildman–Crippen LogP) is 3.03. The first-order chi connectivity index (χ1) is 12.0. The Bertz CT molecular complexity index is 567. The van der Waals surface area contributed by atoms with Gasteiger partial charge in [0, 0.05) is 50.4 Å². The molecule has 1 atom stereocenters. The van der Waals surface area contributed by atoms with E-state index < -0.39 is 0 Å². The van der Waals surface area contributed by atoms with E-state index in [0.29, 0.717) is 30.3 Å². The second-order valence-electron chi connectivity index (χ2n) is 7.83. The summed E-state index contributed by atoms with van der Waals surface area (Å²) in [7, 11) is 0. The summed E-state index contributed by atoms with van der Waals surface area (Å²) in [6, 6.07) is 7.75. The molecular formula is C20H30FN3O. The average molecular weight is 347 g/mol. The van der Waals surface area contributed by atoms with Gasteiger partial charge in [0.25, 0.3) is 0 Å². The zero-order valence-corrected chi connectivity index (χ0v) is 15.4. The number of halogens is 1. The number of hydrogen-bond donors (Lipinski definition) is 1. The van der Waals surface area contributed by atoms with E-state index in [9.17, 15) is 9.18 Å². The Balaban J connectivity index is 1.42. The van der Waals surface area contributed by atoms with Crippen molar-refractivity contribution in [2.75, 3.05) is 31.1 Å². The van der Waals surface area contributed by atoms with Crippen molar-refractivity contribution in [3.63, 3.8) is 0 Å². The maximum atomic E-state index is 13.1. The summed E-state index contributed by atoms with van der Waals surface area (Å²) < 4.78 is 13.1. The van der Waals surface area contributed by atoms with Crippen LogP contribution in [0.2, 0.25) is 0 Å². The molecule has 0 saturated carbocycles. The molecule has 2 heterocycles. The predicted molar refractivity (Wildman–Crippen MR) is 99.2 cm³/mol. The molecule has 0 unspecified atom stereocenters. The van der Waals surface area contributed by atoms with Gasteiger partial charge in [-0.15, -0.1) is 0 Å². The van der Waals surface area contributed by atoms with Crippen LogP contribution in [0.5, 0.6) is 0 Å². The molecule has 0 bridgehead atoms. The molecule has 1 amide bonds. The second-order valence-corrected chi connectivity index (χ2v) is 7.83. The summed E-state index contributed by atoms with van der Waals surface area (Å²) in [5, 5.41) is 3.78. The van der Waals surface area contributed by atoms with E-state index in [1.807, 2.05) is 17.0 Å². The van der Waals surface area contributed by atoms with Crippen LogP contribution in [-0.2, 0) is 4.79 Å². The highest BCUT2D eigenvalue weighted by molar-refractivity contribution is 5.76. The Morgan fingerprint density at radius 3 is 2.40 bits per heavy atom. The van der Waals surface area contributed by atoms with Crippen LogP contribution < -0.4 is 10.2 Å². The summed E-state index contributed by atoms with van der Waals surface area (Å²) in [4.78, 5) is 16.5. The molecule has 25 heavy (non-hydrogen) atoms. The highest BCUT2D eigenvalue weighted by Gasteiger charge is 2.28. The number of benzene rings is 1. The molecule has 138 valence electrons. The van der Waals surface area contributed by atoms with E-state index in [0.717, 1.165) is 51.1 Å². The lowest BCUT2D eigenvalue weighted by Crippen LogP contribution is -2.48. The van der Waals surface area contributed by atoms with Crippen molar-refractivity contribution in [2.45, 2.75) is 51.6 Å². The first-order valence-electron chi connectivity index (χ1n) is 9.55.